The van der Waals surface area contributed by atoms with Crippen LogP contribution in [0.5, 0.6) is 0 Å². The van der Waals surface area contributed by atoms with Gasteiger partial charge in [0.1, 0.15) is 5.60 Å². The Balaban J connectivity index is 1.58. The van der Waals surface area contributed by atoms with Crippen molar-refractivity contribution < 1.29 is 14.3 Å². The summed E-state index contributed by atoms with van der Waals surface area (Å²) < 4.78 is 5.53. The molecule has 2 aliphatic heterocycles. The molecule has 5 heteroatoms. The summed E-state index contributed by atoms with van der Waals surface area (Å²) in [6.45, 7) is 1.19. The molecule has 0 unspecified atom stereocenters. The van der Waals surface area contributed by atoms with Crippen LogP contribution in [0.3, 0.4) is 0 Å². The van der Waals surface area contributed by atoms with Gasteiger partial charge >= 0.3 is 5.97 Å². The molecule has 1 amide bonds. The molecular weight excluding hydrogens is 292 g/mol. The Hall–Kier alpha value is -2.43. The number of pyridine rings is 1. The number of hydrogen-bond acceptors (Lipinski definition) is 4. The molecule has 0 radical (unpaired) electrons. The number of benzene rings is 1. The van der Waals surface area contributed by atoms with Crippen LogP contribution in [0.2, 0.25) is 0 Å². The highest BCUT2D eigenvalue weighted by atomic mass is 16.6. The van der Waals surface area contributed by atoms with Crippen LogP contribution >= 0.6 is 0 Å². The number of piperidine rings is 1. The zero-order chi connectivity index (χ0) is 15.9. The molecule has 2 aromatic rings. The average Bonchev–Trinajstić information content (AvgIpc) is 2.93. The zero-order valence-corrected chi connectivity index (χ0v) is 12.8. The normalized spacial score (nSPS) is 24.2. The number of likely N-dealkylation sites (tertiary alicyclic amines) is 1. The third kappa shape index (κ3) is 2.56. The fourth-order valence-electron chi connectivity index (χ4n) is 3.60. The summed E-state index contributed by atoms with van der Waals surface area (Å²) in [7, 11) is 0. The van der Waals surface area contributed by atoms with Gasteiger partial charge in [0.25, 0.3) is 5.91 Å². The number of esters is 1. The van der Waals surface area contributed by atoms with Gasteiger partial charge in [0.2, 0.25) is 0 Å². The Bertz CT molecular complexity index is 789. The monoisotopic (exact) mass is 310 g/mol. The molecule has 1 spiro atoms. The lowest BCUT2D eigenvalue weighted by molar-refractivity contribution is -0.151. The molecule has 0 aliphatic carbocycles. The van der Waals surface area contributed by atoms with Crippen molar-refractivity contribution in [1.29, 1.82) is 0 Å². The summed E-state index contributed by atoms with van der Waals surface area (Å²) in [5, 5.41) is 0.956. The fourth-order valence-corrected chi connectivity index (χ4v) is 3.60. The van der Waals surface area contributed by atoms with E-state index in [9.17, 15) is 9.59 Å². The van der Waals surface area contributed by atoms with Gasteiger partial charge in [-0.2, -0.15) is 0 Å². The van der Waals surface area contributed by atoms with Crippen LogP contribution < -0.4 is 0 Å². The van der Waals surface area contributed by atoms with E-state index in [0.29, 0.717) is 31.5 Å². The zero-order valence-electron chi connectivity index (χ0n) is 12.8. The molecule has 4 rings (SSSR count). The molecule has 23 heavy (non-hydrogen) atoms. The summed E-state index contributed by atoms with van der Waals surface area (Å²) in [5.41, 5.74) is 1.00. The van der Waals surface area contributed by atoms with Gasteiger partial charge < -0.3 is 9.64 Å². The molecule has 1 atom stereocenters. The molecule has 0 bridgehead atoms. The van der Waals surface area contributed by atoms with Crippen molar-refractivity contribution in [3.05, 3.63) is 42.1 Å². The van der Waals surface area contributed by atoms with Crippen molar-refractivity contribution in [2.45, 2.75) is 31.3 Å². The molecule has 3 heterocycles. The highest BCUT2D eigenvalue weighted by Gasteiger charge is 2.44. The summed E-state index contributed by atoms with van der Waals surface area (Å²) in [4.78, 5) is 30.4. The van der Waals surface area contributed by atoms with Gasteiger partial charge in [0.15, 0.2) is 0 Å². The molecule has 2 fully saturated rings. The highest BCUT2D eigenvalue weighted by Crippen LogP contribution is 2.35. The van der Waals surface area contributed by atoms with E-state index >= 15 is 0 Å². The Morgan fingerprint density at radius 3 is 2.96 bits per heavy atom. The predicted molar refractivity (Wildman–Crippen MR) is 84.9 cm³/mol. The number of rotatable bonds is 1. The van der Waals surface area contributed by atoms with Crippen LogP contribution in [0.15, 0.2) is 36.5 Å². The average molecular weight is 310 g/mol. The number of para-hydroxylation sites is 1. The Kier molecular flexibility index (Phi) is 3.29. The number of carbonyl (C=O) groups excluding carboxylic acids is 2. The lowest BCUT2D eigenvalue weighted by atomic mass is 9.89. The van der Waals surface area contributed by atoms with Gasteiger partial charge in [0, 0.05) is 24.5 Å². The van der Waals surface area contributed by atoms with E-state index in [1.54, 1.807) is 11.1 Å². The number of carbonyl (C=O) groups is 2. The van der Waals surface area contributed by atoms with Crippen LogP contribution in [-0.4, -0.2) is 40.5 Å². The van der Waals surface area contributed by atoms with E-state index in [1.165, 1.54) is 0 Å². The third-order valence-corrected chi connectivity index (χ3v) is 4.78. The number of amides is 1. The van der Waals surface area contributed by atoms with E-state index in [-0.39, 0.29) is 11.9 Å². The van der Waals surface area contributed by atoms with E-state index in [0.717, 1.165) is 23.7 Å². The molecule has 2 saturated heterocycles. The smallest absolute Gasteiger partial charge is 0.306 e. The van der Waals surface area contributed by atoms with Crippen LogP contribution in [0.4, 0.5) is 0 Å². The summed E-state index contributed by atoms with van der Waals surface area (Å²) in [6, 6.07) is 9.63. The van der Waals surface area contributed by atoms with Crippen molar-refractivity contribution >= 4 is 22.8 Å². The van der Waals surface area contributed by atoms with Gasteiger partial charge in [0.05, 0.1) is 17.6 Å². The number of ether oxygens (including phenoxy) is 1. The van der Waals surface area contributed by atoms with E-state index in [1.807, 2.05) is 30.3 Å². The van der Waals surface area contributed by atoms with Crippen molar-refractivity contribution in [3.63, 3.8) is 0 Å². The standard InChI is InChI=1S/C18H18N2O3/c21-16-6-8-18(23-16)7-3-9-20(12-18)17(22)14-10-13-4-1-2-5-15(13)19-11-14/h1-2,4-5,10-11H,3,6-9,12H2/t18-/m1/s1. The van der Waals surface area contributed by atoms with E-state index in [2.05, 4.69) is 4.98 Å². The van der Waals surface area contributed by atoms with Crippen molar-refractivity contribution in [2.75, 3.05) is 13.1 Å². The summed E-state index contributed by atoms with van der Waals surface area (Å²) >= 11 is 0. The first kappa shape index (κ1) is 14.2. The second-order valence-corrected chi connectivity index (χ2v) is 6.40. The lowest BCUT2D eigenvalue weighted by Gasteiger charge is -2.39. The topological polar surface area (TPSA) is 59.5 Å². The van der Waals surface area contributed by atoms with Gasteiger partial charge in [-0.15, -0.1) is 0 Å². The van der Waals surface area contributed by atoms with E-state index < -0.39 is 5.60 Å². The summed E-state index contributed by atoms with van der Waals surface area (Å²) in [6.07, 6.45) is 4.51. The number of hydrogen-bond donors (Lipinski definition) is 0. The van der Waals surface area contributed by atoms with Crippen LogP contribution in [-0.2, 0) is 9.53 Å². The molecule has 5 nitrogen and oxygen atoms in total. The predicted octanol–water partition coefficient (Wildman–Crippen LogP) is 2.55. The maximum absolute atomic E-state index is 12.8. The van der Waals surface area contributed by atoms with Crippen LogP contribution in [0, 0.1) is 0 Å². The maximum Gasteiger partial charge on any atom is 0.306 e. The van der Waals surface area contributed by atoms with Crippen LogP contribution in [0.1, 0.15) is 36.0 Å². The minimum absolute atomic E-state index is 0.0368. The van der Waals surface area contributed by atoms with Crippen molar-refractivity contribution in [3.8, 4) is 0 Å². The van der Waals surface area contributed by atoms with Gasteiger partial charge in [-0.3, -0.25) is 14.6 Å². The van der Waals surface area contributed by atoms with Crippen molar-refractivity contribution in [1.82, 2.24) is 9.88 Å². The maximum atomic E-state index is 12.8. The minimum Gasteiger partial charge on any atom is -0.457 e. The molecule has 0 N–H and O–H groups in total. The summed E-state index contributed by atoms with van der Waals surface area (Å²) in [5.74, 6) is -0.183. The first-order chi connectivity index (χ1) is 11.2. The Morgan fingerprint density at radius 2 is 2.13 bits per heavy atom. The number of nitrogens with zero attached hydrogens (tertiary/aromatic N) is 2. The number of aromatic nitrogens is 1. The van der Waals surface area contributed by atoms with E-state index in [4.69, 9.17) is 4.74 Å². The fraction of sp³-hybridized carbons (Fsp3) is 0.389. The quantitative estimate of drug-likeness (QED) is 0.760. The highest BCUT2D eigenvalue weighted by molar-refractivity contribution is 5.97. The Labute approximate surface area is 134 Å². The molecule has 0 saturated carbocycles. The molecular formula is C18H18N2O3. The van der Waals surface area contributed by atoms with Crippen molar-refractivity contribution in [2.24, 2.45) is 0 Å². The van der Waals surface area contributed by atoms with Crippen LogP contribution in [0.25, 0.3) is 10.9 Å². The minimum atomic E-state index is -0.463. The second-order valence-electron chi connectivity index (χ2n) is 6.40. The number of fused-ring (bicyclic) bond motifs is 1. The third-order valence-electron chi connectivity index (χ3n) is 4.78. The SMILES string of the molecule is O=C1CC[C@@]2(CCCN(C(=O)c3cnc4ccccc4c3)C2)O1. The molecule has 1 aromatic heterocycles. The van der Waals surface area contributed by atoms with Gasteiger partial charge in [-0.05, 0) is 31.4 Å². The second kappa shape index (κ2) is 5.33. The molecule has 2 aliphatic rings. The largest absolute Gasteiger partial charge is 0.457 e. The first-order valence-corrected chi connectivity index (χ1v) is 8.01. The first-order valence-electron chi connectivity index (χ1n) is 8.01. The Morgan fingerprint density at radius 1 is 1.26 bits per heavy atom. The molecule has 1 aromatic carbocycles. The molecule has 118 valence electrons. The van der Waals surface area contributed by atoms with Gasteiger partial charge in [-0.25, -0.2) is 0 Å². The lowest BCUT2D eigenvalue weighted by Crippen LogP contribution is -2.50. The van der Waals surface area contributed by atoms with Gasteiger partial charge in [-0.1, -0.05) is 18.2 Å².